The summed E-state index contributed by atoms with van der Waals surface area (Å²) in [5, 5.41) is 0. The fourth-order valence-corrected chi connectivity index (χ4v) is 1.24. The lowest BCUT2D eigenvalue weighted by molar-refractivity contribution is -0.0885. The SMILES string of the molecule is Cc1cc(C(=O)C(F)(F)F)c(C)n1C. The van der Waals surface area contributed by atoms with Crippen molar-refractivity contribution >= 4 is 5.78 Å². The summed E-state index contributed by atoms with van der Waals surface area (Å²) in [6.45, 7) is 3.14. The molecule has 0 amide bonds. The normalized spacial score (nSPS) is 11.9. The number of Topliss-reactive ketones (excluding diaryl/α,β-unsaturated/α-hetero) is 1. The lowest BCUT2D eigenvalue weighted by Crippen LogP contribution is -2.23. The van der Waals surface area contributed by atoms with Crippen LogP contribution in [-0.4, -0.2) is 16.5 Å². The summed E-state index contributed by atoms with van der Waals surface area (Å²) in [5.41, 5.74) is 0.706. The van der Waals surface area contributed by atoms with Gasteiger partial charge in [-0.05, 0) is 19.9 Å². The Balaban J connectivity index is 3.22. The van der Waals surface area contributed by atoms with E-state index in [2.05, 4.69) is 0 Å². The summed E-state index contributed by atoms with van der Waals surface area (Å²) in [6, 6.07) is 1.26. The molecule has 0 N–H and O–H groups in total. The van der Waals surface area contributed by atoms with Gasteiger partial charge >= 0.3 is 6.18 Å². The maximum atomic E-state index is 12.1. The smallest absolute Gasteiger partial charge is 0.351 e. The molecule has 0 atom stereocenters. The molecule has 0 unspecified atom stereocenters. The Morgan fingerprint density at radius 1 is 1.36 bits per heavy atom. The molecule has 0 radical (unpaired) electrons. The van der Waals surface area contributed by atoms with E-state index in [1.54, 1.807) is 18.5 Å². The van der Waals surface area contributed by atoms with Crippen molar-refractivity contribution < 1.29 is 18.0 Å². The highest BCUT2D eigenvalue weighted by Gasteiger charge is 2.40. The predicted octanol–water partition coefficient (Wildman–Crippen LogP) is 2.39. The number of rotatable bonds is 1. The van der Waals surface area contributed by atoms with Gasteiger partial charge in [0.15, 0.2) is 0 Å². The number of halogens is 3. The lowest BCUT2D eigenvalue weighted by atomic mass is 10.1. The monoisotopic (exact) mass is 205 g/mol. The molecule has 2 nitrogen and oxygen atoms in total. The third-order valence-corrected chi connectivity index (χ3v) is 2.28. The van der Waals surface area contributed by atoms with E-state index < -0.39 is 12.0 Å². The van der Waals surface area contributed by atoms with Crippen molar-refractivity contribution in [3.63, 3.8) is 0 Å². The Morgan fingerprint density at radius 2 is 1.86 bits per heavy atom. The van der Waals surface area contributed by atoms with E-state index in [4.69, 9.17) is 0 Å². The zero-order valence-electron chi connectivity index (χ0n) is 8.07. The minimum atomic E-state index is -4.79. The van der Waals surface area contributed by atoms with Gasteiger partial charge in [0.05, 0.1) is 0 Å². The molecule has 0 saturated heterocycles. The van der Waals surface area contributed by atoms with E-state index in [0.717, 1.165) is 0 Å². The maximum Gasteiger partial charge on any atom is 0.454 e. The summed E-state index contributed by atoms with van der Waals surface area (Å²) in [5.74, 6) is -1.78. The van der Waals surface area contributed by atoms with E-state index in [-0.39, 0.29) is 5.56 Å². The standard InChI is InChI=1S/C9H10F3NO/c1-5-4-7(6(2)13(5)3)8(14)9(10,11)12/h4H,1-3H3. The largest absolute Gasteiger partial charge is 0.454 e. The van der Waals surface area contributed by atoms with Crippen LogP contribution in [-0.2, 0) is 7.05 Å². The Kier molecular flexibility index (Phi) is 2.43. The first-order valence-electron chi connectivity index (χ1n) is 3.99. The zero-order valence-corrected chi connectivity index (χ0v) is 8.07. The average molecular weight is 205 g/mol. The van der Waals surface area contributed by atoms with Crippen LogP contribution in [0.5, 0.6) is 0 Å². The predicted molar refractivity (Wildman–Crippen MR) is 45.3 cm³/mol. The first-order chi connectivity index (χ1) is 6.25. The van der Waals surface area contributed by atoms with Gasteiger partial charge in [0.25, 0.3) is 5.78 Å². The van der Waals surface area contributed by atoms with Gasteiger partial charge in [0, 0.05) is 24.0 Å². The van der Waals surface area contributed by atoms with Crippen molar-refractivity contribution in [2.45, 2.75) is 20.0 Å². The number of hydrogen-bond donors (Lipinski definition) is 0. The van der Waals surface area contributed by atoms with Gasteiger partial charge in [-0.1, -0.05) is 0 Å². The molecule has 0 spiro atoms. The number of ketones is 1. The van der Waals surface area contributed by atoms with Crippen molar-refractivity contribution in [3.05, 3.63) is 23.0 Å². The van der Waals surface area contributed by atoms with Crippen molar-refractivity contribution in [2.75, 3.05) is 0 Å². The lowest BCUT2D eigenvalue weighted by Gasteiger charge is -2.04. The van der Waals surface area contributed by atoms with Crippen molar-refractivity contribution in [3.8, 4) is 0 Å². The molecule has 14 heavy (non-hydrogen) atoms. The minimum Gasteiger partial charge on any atom is -0.351 e. The molecule has 0 bridgehead atoms. The number of carbonyl (C=O) groups excluding carboxylic acids is 1. The Morgan fingerprint density at radius 3 is 2.14 bits per heavy atom. The van der Waals surface area contributed by atoms with Gasteiger partial charge in [-0.2, -0.15) is 13.2 Å². The number of nitrogens with zero attached hydrogens (tertiary/aromatic N) is 1. The number of hydrogen-bond acceptors (Lipinski definition) is 1. The molecule has 1 heterocycles. The molecule has 0 aliphatic heterocycles. The van der Waals surface area contributed by atoms with Crippen molar-refractivity contribution in [1.29, 1.82) is 0 Å². The van der Waals surface area contributed by atoms with E-state index in [0.29, 0.717) is 11.4 Å². The second kappa shape index (κ2) is 3.15. The molecule has 1 aromatic rings. The second-order valence-electron chi connectivity index (χ2n) is 3.17. The van der Waals surface area contributed by atoms with Crippen molar-refractivity contribution in [1.82, 2.24) is 4.57 Å². The highest BCUT2D eigenvalue weighted by atomic mass is 19.4. The fourth-order valence-electron chi connectivity index (χ4n) is 1.24. The number of aromatic nitrogens is 1. The number of alkyl halides is 3. The molecular formula is C9H10F3NO. The van der Waals surface area contributed by atoms with Crippen LogP contribution in [0.1, 0.15) is 21.7 Å². The molecule has 0 aliphatic rings. The molecule has 5 heteroatoms. The third-order valence-electron chi connectivity index (χ3n) is 2.28. The highest BCUT2D eigenvalue weighted by molar-refractivity contribution is 6.01. The summed E-state index contributed by atoms with van der Waals surface area (Å²) >= 11 is 0. The van der Waals surface area contributed by atoms with Gasteiger partial charge in [-0.15, -0.1) is 0 Å². The first kappa shape index (κ1) is 10.8. The molecule has 0 saturated carbocycles. The van der Waals surface area contributed by atoms with Gasteiger partial charge in [0.2, 0.25) is 0 Å². The fraction of sp³-hybridized carbons (Fsp3) is 0.444. The molecule has 0 fully saturated rings. The summed E-state index contributed by atoms with van der Waals surface area (Å²) in [7, 11) is 1.62. The van der Waals surface area contributed by atoms with Gasteiger partial charge < -0.3 is 4.57 Å². The maximum absolute atomic E-state index is 12.1. The van der Waals surface area contributed by atoms with Crippen LogP contribution >= 0.6 is 0 Å². The Hall–Kier alpha value is -1.26. The molecule has 0 aromatic carbocycles. The van der Waals surface area contributed by atoms with Crippen LogP contribution in [0, 0.1) is 13.8 Å². The summed E-state index contributed by atoms with van der Waals surface area (Å²) in [4.78, 5) is 10.9. The van der Waals surface area contributed by atoms with Crippen LogP contribution in [0.25, 0.3) is 0 Å². The summed E-state index contributed by atoms with van der Waals surface area (Å²) < 4.78 is 37.8. The van der Waals surface area contributed by atoms with Crippen molar-refractivity contribution in [2.24, 2.45) is 7.05 Å². The van der Waals surface area contributed by atoms with Gasteiger partial charge in [0.1, 0.15) is 0 Å². The van der Waals surface area contributed by atoms with E-state index in [1.165, 1.54) is 13.0 Å². The van der Waals surface area contributed by atoms with E-state index in [1.807, 2.05) is 0 Å². The average Bonchev–Trinajstić information content (AvgIpc) is 2.30. The molecule has 78 valence electrons. The van der Waals surface area contributed by atoms with E-state index in [9.17, 15) is 18.0 Å². The summed E-state index contributed by atoms with van der Waals surface area (Å²) in [6.07, 6.45) is -4.79. The molecular weight excluding hydrogens is 195 g/mol. The minimum absolute atomic E-state index is 0.266. The Labute approximate surface area is 79.3 Å². The topological polar surface area (TPSA) is 22.0 Å². The van der Waals surface area contributed by atoms with Gasteiger partial charge in [-0.3, -0.25) is 4.79 Å². The zero-order chi connectivity index (χ0) is 11.1. The van der Waals surface area contributed by atoms with Crippen LogP contribution < -0.4 is 0 Å². The van der Waals surface area contributed by atoms with Crippen LogP contribution in [0.15, 0.2) is 6.07 Å². The second-order valence-corrected chi connectivity index (χ2v) is 3.17. The Bertz CT molecular complexity index is 376. The number of carbonyl (C=O) groups is 1. The molecule has 1 rings (SSSR count). The van der Waals surface area contributed by atoms with Crippen LogP contribution in [0.3, 0.4) is 0 Å². The van der Waals surface area contributed by atoms with Crippen LogP contribution in [0.2, 0.25) is 0 Å². The van der Waals surface area contributed by atoms with Gasteiger partial charge in [-0.25, -0.2) is 0 Å². The first-order valence-corrected chi connectivity index (χ1v) is 3.99. The highest BCUT2D eigenvalue weighted by Crippen LogP contribution is 2.24. The number of aryl methyl sites for hydroxylation is 1. The van der Waals surface area contributed by atoms with Crippen LogP contribution in [0.4, 0.5) is 13.2 Å². The molecule has 1 aromatic heterocycles. The van der Waals surface area contributed by atoms with E-state index >= 15 is 0 Å². The quantitative estimate of drug-likeness (QED) is 0.645. The molecule has 0 aliphatic carbocycles. The third kappa shape index (κ3) is 1.66.